The maximum Gasteiger partial charge on any atom is -0.00140 e. The van der Waals surface area contributed by atoms with Crippen molar-refractivity contribution in [3.63, 3.8) is 0 Å². The molecule has 0 spiro atoms. The molecule has 1 fully saturated rings. The van der Waals surface area contributed by atoms with Gasteiger partial charge in [0.1, 0.15) is 0 Å². The Hall–Kier alpha value is -1.54. The lowest BCUT2D eigenvalue weighted by atomic mass is 9.76. The van der Waals surface area contributed by atoms with E-state index in [4.69, 9.17) is 11.5 Å². The Morgan fingerprint density at radius 1 is 1.33 bits per heavy atom. The molecule has 114 valence electrons. The van der Waals surface area contributed by atoms with Crippen LogP contribution in [-0.4, -0.2) is 6.54 Å². The molecule has 0 aromatic heterocycles. The summed E-state index contributed by atoms with van der Waals surface area (Å²) in [6.45, 7) is 6.77. The molecule has 2 unspecified atom stereocenters. The van der Waals surface area contributed by atoms with E-state index in [2.05, 4.69) is 43.8 Å². The van der Waals surface area contributed by atoms with Gasteiger partial charge in [-0.2, -0.15) is 0 Å². The van der Waals surface area contributed by atoms with Crippen LogP contribution in [-0.2, 0) is 6.42 Å². The van der Waals surface area contributed by atoms with E-state index in [0.29, 0.717) is 12.5 Å². The Balaban J connectivity index is 2.08. The first-order valence-corrected chi connectivity index (χ1v) is 7.91. The molecular formula is C19H28N2. The molecule has 0 bridgehead atoms. The highest BCUT2D eigenvalue weighted by Crippen LogP contribution is 2.40. The van der Waals surface area contributed by atoms with Crippen LogP contribution in [0.25, 0.3) is 0 Å². The summed E-state index contributed by atoms with van der Waals surface area (Å²) in [7, 11) is 0. The second-order valence-electron chi connectivity index (χ2n) is 6.64. The summed E-state index contributed by atoms with van der Waals surface area (Å²) >= 11 is 0. The van der Waals surface area contributed by atoms with E-state index in [9.17, 15) is 0 Å². The van der Waals surface area contributed by atoms with Crippen LogP contribution in [0.3, 0.4) is 0 Å². The van der Waals surface area contributed by atoms with Crippen LogP contribution in [0, 0.1) is 11.3 Å². The van der Waals surface area contributed by atoms with Gasteiger partial charge in [0, 0.05) is 0 Å². The van der Waals surface area contributed by atoms with E-state index in [1.807, 2.05) is 6.08 Å². The molecule has 2 heteroatoms. The summed E-state index contributed by atoms with van der Waals surface area (Å²) in [5.41, 5.74) is 14.3. The van der Waals surface area contributed by atoms with Crippen LogP contribution in [0.4, 0.5) is 0 Å². The lowest BCUT2D eigenvalue weighted by Gasteiger charge is -2.29. The van der Waals surface area contributed by atoms with Gasteiger partial charge >= 0.3 is 0 Å². The normalized spacial score (nSPS) is 19.3. The van der Waals surface area contributed by atoms with Crippen molar-refractivity contribution in [2.24, 2.45) is 22.8 Å². The largest absolute Gasteiger partial charge is 0.405 e. The Morgan fingerprint density at radius 3 is 2.48 bits per heavy atom. The van der Waals surface area contributed by atoms with E-state index in [0.717, 1.165) is 18.8 Å². The van der Waals surface area contributed by atoms with Gasteiger partial charge < -0.3 is 11.5 Å². The number of rotatable bonds is 8. The van der Waals surface area contributed by atoms with Gasteiger partial charge in [0.2, 0.25) is 0 Å². The van der Waals surface area contributed by atoms with Crippen LogP contribution in [0.15, 0.2) is 49.2 Å². The maximum absolute atomic E-state index is 5.81. The van der Waals surface area contributed by atoms with Gasteiger partial charge in [0.05, 0.1) is 0 Å². The van der Waals surface area contributed by atoms with E-state index >= 15 is 0 Å². The molecule has 1 aromatic carbocycles. The van der Waals surface area contributed by atoms with E-state index in [1.54, 1.807) is 6.20 Å². The zero-order valence-corrected chi connectivity index (χ0v) is 13.1. The van der Waals surface area contributed by atoms with E-state index in [-0.39, 0.29) is 5.41 Å². The third-order valence-electron chi connectivity index (χ3n) is 4.50. The summed E-state index contributed by atoms with van der Waals surface area (Å²) in [6, 6.07) is 9.10. The van der Waals surface area contributed by atoms with Crippen LogP contribution < -0.4 is 11.5 Å². The zero-order valence-electron chi connectivity index (χ0n) is 13.1. The summed E-state index contributed by atoms with van der Waals surface area (Å²) in [5, 5.41) is 0. The fourth-order valence-electron chi connectivity index (χ4n) is 3.08. The molecule has 1 saturated carbocycles. The maximum atomic E-state index is 5.81. The lowest BCUT2D eigenvalue weighted by Crippen LogP contribution is -2.25. The first-order valence-electron chi connectivity index (χ1n) is 7.91. The Bertz CT molecular complexity index is 485. The molecule has 0 aliphatic heterocycles. The fourth-order valence-corrected chi connectivity index (χ4v) is 3.08. The molecule has 0 radical (unpaired) electrons. The number of allylic oxidation sites excluding steroid dienone is 1. The predicted octanol–water partition coefficient (Wildman–Crippen LogP) is 3.74. The third-order valence-corrected chi connectivity index (χ3v) is 4.50. The minimum absolute atomic E-state index is 0.0219. The fraction of sp³-hybridized carbons (Fsp3) is 0.474. The van der Waals surface area contributed by atoms with Crippen LogP contribution in [0.5, 0.6) is 0 Å². The molecule has 4 N–H and O–H groups in total. The smallest absolute Gasteiger partial charge is 0.00140 e. The van der Waals surface area contributed by atoms with Crippen molar-refractivity contribution < 1.29 is 0 Å². The highest BCUT2D eigenvalue weighted by atomic mass is 14.5. The second-order valence-corrected chi connectivity index (χ2v) is 6.64. The van der Waals surface area contributed by atoms with Crippen molar-refractivity contribution in [1.82, 2.24) is 0 Å². The SMILES string of the molecule is C=CC(CN)CC(C)(/C=C\N)Cc1ccc(C2CC2)cc1. The van der Waals surface area contributed by atoms with E-state index < -0.39 is 0 Å². The van der Waals surface area contributed by atoms with Gasteiger partial charge in [0.15, 0.2) is 0 Å². The number of benzene rings is 1. The minimum atomic E-state index is 0.0219. The van der Waals surface area contributed by atoms with Gasteiger partial charge in [-0.3, -0.25) is 0 Å². The summed E-state index contributed by atoms with van der Waals surface area (Å²) in [5.74, 6) is 1.15. The average Bonchev–Trinajstić information content (AvgIpc) is 3.30. The molecule has 0 heterocycles. The van der Waals surface area contributed by atoms with Crippen molar-refractivity contribution in [3.05, 3.63) is 60.3 Å². The zero-order chi connectivity index (χ0) is 15.3. The van der Waals surface area contributed by atoms with Crippen LogP contribution >= 0.6 is 0 Å². The molecule has 2 nitrogen and oxygen atoms in total. The molecule has 0 amide bonds. The van der Waals surface area contributed by atoms with Crippen molar-refractivity contribution in [1.29, 1.82) is 0 Å². The Morgan fingerprint density at radius 2 is 2.00 bits per heavy atom. The topological polar surface area (TPSA) is 52.0 Å². The van der Waals surface area contributed by atoms with Gasteiger partial charge in [-0.25, -0.2) is 0 Å². The number of hydrogen-bond donors (Lipinski definition) is 2. The predicted molar refractivity (Wildman–Crippen MR) is 90.9 cm³/mol. The lowest BCUT2D eigenvalue weighted by molar-refractivity contribution is 0.339. The Kier molecular flexibility index (Phi) is 5.24. The summed E-state index contributed by atoms with van der Waals surface area (Å²) in [6.07, 6.45) is 10.4. The average molecular weight is 284 g/mol. The summed E-state index contributed by atoms with van der Waals surface area (Å²) < 4.78 is 0. The van der Waals surface area contributed by atoms with Gasteiger partial charge in [-0.1, -0.05) is 43.3 Å². The number of nitrogens with two attached hydrogens (primary N) is 2. The first-order chi connectivity index (χ1) is 10.1. The van der Waals surface area contributed by atoms with Gasteiger partial charge in [-0.15, -0.1) is 6.58 Å². The molecule has 2 rings (SSSR count). The Labute approximate surface area is 128 Å². The van der Waals surface area contributed by atoms with E-state index in [1.165, 1.54) is 24.0 Å². The van der Waals surface area contributed by atoms with Crippen molar-refractivity contribution in [3.8, 4) is 0 Å². The molecule has 0 saturated heterocycles. The quantitative estimate of drug-likeness (QED) is 0.715. The number of hydrogen-bond acceptors (Lipinski definition) is 2. The molecule has 1 aliphatic carbocycles. The van der Waals surface area contributed by atoms with Crippen LogP contribution in [0.1, 0.15) is 43.2 Å². The van der Waals surface area contributed by atoms with Crippen molar-refractivity contribution in [2.45, 2.75) is 38.5 Å². The second kappa shape index (κ2) is 6.95. The molecule has 2 atom stereocenters. The highest BCUT2D eigenvalue weighted by molar-refractivity contribution is 5.29. The standard InChI is InChI=1S/C19H28N2/c1-3-15(14-21)12-19(2,10-11-20)13-16-4-6-17(7-5-16)18-8-9-18/h3-7,10-11,15,18H,1,8-9,12-14,20-21H2,2H3/b11-10-. The monoisotopic (exact) mass is 284 g/mol. The first kappa shape index (κ1) is 15.8. The van der Waals surface area contributed by atoms with Crippen molar-refractivity contribution >= 4 is 0 Å². The summed E-state index contributed by atoms with van der Waals surface area (Å²) in [4.78, 5) is 0. The molecular weight excluding hydrogens is 256 g/mol. The minimum Gasteiger partial charge on any atom is -0.405 e. The van der Waals surface area contributed by atoms with Crippen molar-refractivity contribution in [2.75, 3.05) is 6.54 Å². The van der Waals surface area contributed by atoms with Gasteiger partial charge in [-0.05, 0) is 66.8 Å². The molecule has 1 aromatic rings. The van der Waals surface area contributed by atoms with Gasteiger partial charge in [0.25, 0.3) is 0 Å². The third kappa shape index (κ3) is 4.47. The molecule has 1 aliphatic rings. The highest BCUT2D eigenvalue weighted by Gasteiger charge is 2.26. The van der Waals surface area contributed by atoms with Crippen LogP contribution in [0.2, 0.25) is 0 Å². The molecule has 21 heavy (non-hydrogen) atoms.